The number of amides is 1. The largest absolute Gasteiger partial charge is 0.497 e. The first-order valence-corrected chi connectivity index (χ1v) is 7.28. The van der Waals surface area contributed by atoms with Crippen LogP contribution in [0.2, 0.25) is 0 Å². The highest BCUT2D eigenvalue weighted by atomic mass is 16.5. The Morgan fingerprint density at radius 3 is 2.64 bits per heavy atom. The summed E-state index contributed by atoms with van der Waals surface area (Å²) in [6.07, 6.45) is 1.72. The van der Waals surface area contributed by atoms with E-state index in [2.05, 4.69) is 5.32 Å². The van der Waals surface area contributed by atoms with E-state index in [4.69, 9.17) is 9.47 Å². The molecule has 22 heavy (non-hydrogen) atoms. The van der Waals surface area contributed by atoms with Crippen LogP contribution < -0.4 is 14.8 Å². The van der Waals surface area contributed by atoms with Gasteiger partial charge in [0.1, 0.15) is 11.5 Å². The van der Waals surface area contributed by atoms with E-state index in [0.29, 0.717) is 17.9 Å². The van der Waals surface area contributed by atoms with Gasteiger partial charge < -0.3 is 14.8 Å². The Kier molecular flexibility index (Phi) is 5.83. The average Bonchev–Trinajstić information content (AvgIpc) is 2.58. The minimum atomic E-state index is -0.0843. The lowest BCUT2D eigenvalue weighted by atomic mass is 10.1. The number of carbonyl (C=O) groups excluding carboxylic acids is 1. The highest BCUT2D eigenvalue weighted by molar-refractivity contribution is 5.94. The quantitative estimate of drug-likeness (QED) is 0.799. The molecule has 0 aromatic heterocycles. The zero-order valence-corrected chi connectivity index (χ0v) is 13.0. The van der Waals surface area contributed by atoms with Crippen LogP contribution in [0, 0.1) is 0 Å². The molecule has 0 fully saturated rings. The van der Waals surface area contributed by atoms with Gasteiger partial charge in [-0.15, -0.1) is 0 Å². The summed E-state index contributed by atoms with van der Waals surface area (Å²) in [6, 6.07) is 15.1. The SMILES string of the molecule is COc1cccc(C(=O)NCCCc2ccccc2OC)c1. The van der Waals surface area contributed by atoms with Gasteiger partial charge in [0, 0.05) is 12.1 Å². The van der Waals surface area contributed by atoms with Gasteiger partial charge in [-0.3, -0.25) is 4.79 Å². The van der Waals surface area contributed by atoms with Gasteiger partial charge in [0.25, 0.3) is 5.91 Å². The Hall–Kier alpha value is -2.49. The second-order valence-electron chi connectivity index (χ2n) is 4.90. The van der Waals surface area contributed by atoms with Crippen molar-refractivity contribution in [3.8, 4) is 11.5 Å². The molecule has 2 aromatic carbocycles. The molecule has 0 bridgehead atoms. The fourth-order valence-corrected chi connectivity index (χ4v) is 2.26. The van der Waals surface area contributed by atoms with Gasteiger partial charge in [-0.25, -0.2) is 0 Å². The Balaban J connectivity index is 1.82. The van der Waals surface area contributed by atoms with Crippen molar-refractivity contribution < 1.29 is 14.3 Å². The van der Waals surface area contributed by atoms with Gasteiger partial charge in [-0.05, 0) is 42.7 Å². The third-order valence-electron chi connectivity index (χ3n) is 3.43. The smallest absolute Gasteiger partial charge is 0.251 e. The van der Waals surface area contributed by atoms with Crippen molar-refractivity contribution in [1.82, 2.24) is 5.32 Å². The Morgan fingerprint density at radius 2 is 1.86 bits per heavy atom. The number of para-hydroxylation sites is 1. The normalized spacial score (nSPS) is 10.1. The Labute approximate surface area is 131 Å². The molecule has 1 amide bonds. The first-order valence-electron chi connectivity index (χ1n) is 7.28. The van der Waals surface area contributed by atoms with Crippen LogP contribution in [0.4, 0.5) is 0 Å². The summed E-state index contributed by atoms with van der Waals surface area (Å²) >= 11 is 0. The molecule has 0 saturated heterocycles. The minimum Gasteiger partial charge on any atom is -0.497 e. The van der Waals surface area contributed by atoms with Gasteiger partial charge >= 0.3 is 0 Å². The second kappa shape index (κ2) is 8.08. The second-order valence-corrected chi connectivity index (χ2v) is 4.90. The van der Waals surface area contributed by atoms with Gasteiger partial charge in [-0.1, -0.05) is 24.3 Å². The van der Waals surface area contributed by atoms with Crippen molar-refractivity contribution in [2.75, 3.05) is 20.8 Å². The van der Waals surface area contributed by atoms with Crippen LogP contribution in [0.1, 0.15) is 22.3 Å². The molecule has 0 radical (unpaired) electrons. The standard InChI is InChI=1S/C18H21NO3/c1-21-16-10-5-8-15(13-16)18(20)19-12-6-9-14-7-3-4-11-17(14)22-2/h3-5,7-8,10-11,13H,6,9,12H2,1-2H3,(H,19,20). The molecule has 0 unspecified atom stereocenters. The van der Waals surface area contributed by atoms with E-state index in [9.17, 15) is 4.79 Å². The predicted octanol–water partition coefficient (Wildman–Crippen LogP) is 3.07. The molecule has 0 saturated carbocycles. The highest BCUT2D eigenvalue weighted by Gasteiger charge is 2.06. The van der Waals surface area contributed by atoms with E-state index in [0.717, 1.165) is 24.2 Å². The van der Waals surface area contributed by atoms with Crippen molar-refractivity contribution in [3.63, 3.8) is 0 Å². The monoisotopic (exact) mass is 299 g/mol. The number of ether oxygens (including phenoxy) is 2. The third-order valence-corrected chi connectivity index (χ3v) is 3.43. The lowest BCUT2D eigenvalue weighted by Crippen LogP contribution is -2.24. The third kappa shape index (κ3) is 4.25. The molecule has 2 aromatic rings. The van der Waals surface area contributed by atoms with E-state index >= 15 is 0 Å². The van der Waals surface area contributed by atoms with E-state index in [1.54, 1.807) is 26.4 Å². The van der Waals surface area contributed by atoms with E-state index in [1.807, 2.05) is 36.4 Å². The maximum Gasteiger partial charge on any atom is 0.251 e. The van der Waals surface area contributed by atoms with Crippen LogP contribution in [-0.4, -0.2) is 26.7 Å². The fraction of sp³-hybridized carbons (Fsp3) is 0.278. The van der Waals surface area contributed by atoms with Crippen LogP contribution in [0.15, 0.2) is 48.5 Å². The number of rotatable bonds is 7. The van der Waals surface area contributed by atoms with E-state index in [-0.39, 0.29) is 5.91 Å². The summed E-state index contributed by atoms with van der Waals surface area (Å²) in [5.41, 5.74) is 1.76. The summed E-state index contributed by atoms with van der Waals surface area (Å²) in [4.78, 5) is 12.1. The average molecular weight is 299 g/mol. The van der Waals surface area contributed by atoms with Crippen LogP contribution in [0.25, 0.3) is 0 Å². The number of hydrogen-bond donors (Lipinski definition) is 1. The first-order chi connectivity index (χ1) is 10.7. The topological polar surface area (TPSA) is 47.6 Å². The minimum absolute atomic E-state index is 0.0843. The first kappa shape index (κ1) is 15.9. The zero-order valence-electron chi connectivity index (χ0n) is 13.0. The number of methoxy groups -OCH3 is 2. The van der Waals surface area contributed by atoms with E-state index < -0.39 is 0 Å². The molecule has 0 aliphatic heterocycles. The number of nitrogens with one attached hydrogen (secondary N) is 1. The van der Waals surface area contributed by atoms with Gasteiger partial charge in [0.15, 0.2) is 0 Å². The van der Waals surface area contributed by atoms with Gasteiger partial charge in [0.05, 0.1) is 14.2 Å². The lowest BCUT2D eigenvalue weighted by Gasteiger charge is -2.09. The summed E-state index contributed by atoms with van der Waals surface area (Å²) in [5.74, 6) is 1.49. The maximum atomic E-state index is 12.1. The summed E-state index contributed by atoms with van der Waals surface area (Å²) < 4.78 is 10.4. The molecule has 0 atom stereocenters. The number of benzene rings is 2. The Bertz CT molecular complexity index is 625. The molecule has 4 heteroatoms. The molecule has 4 nitrogen and oxygen atoms in total. The molecule has 2 rings (SSSR count). The molecule has 0 spiro atoms. The predicted molar refractivity (Wildman–Crippen MR) is 86.6 cm³/mol. The van der Waals surface area contributed by atoms with Crippen LogP contribution in [-0.2, 0) is 6.42 Å². The molecule has 0 aliphatic carbocycles. The highest BCUT2D eigenvalue weighted by Crippen LogP contribution is 2.18. The summed E-state index contributed by atoms with van der Waals surface area (Å²) in [5, 5.41) is 2.92. The van der Waals surface area contributed by atoms with Crippen molar-refractivity contribution >= 4 is 5.91 Å². The summed E-state index contributed by atoms with van der Waals surface area (Å²) in [7, 11) is 3.26. The Morgan fingerprint density at radius 1 is 1.05 bits per heavy atom. The number of aryl methyl sites for hydroxylation is 1. The van der Waals surface area contributed by atoms with Crippen molar-refractivity contribution in [2.45, 2.75) is 12.8 Å². The molecular formula is C18H21NO3. The van der Waals surface area contributed by atoms with Crippen molar-refractivity contribution in [2.24, 2.45) is 0 Å². The number of carbonyl (C=O) groups is 1. The van der Waals surface area contributed by atoms with Crippen LogP contribution >= 0.6 is 0 Å². The van der Waals surface area contributed by atoms with E-state index in [1.165, 1.54) is 0 Å². The van der Waals surface area contributed by atoms with Crippen molar-refractivity contribution in [1.29, 1.82) is 0 Å². The number of hydrogen-bond acceptors (Lipinski definition) is 3. The molecule has 116 valence electrons. The maximum absolute atomic E-state index is 12.1. The lowest BCUT2D eigenvalue weighted by molar-refractivity contribution is 0.0953. The van der Waals surface area contributed by atoms with Gasteiger partial charge in [0.2, 0.25) is 0 Å². The molecular weight excluding hydrogens is 278 g/mol. The van der Waals surface area contributed by atoms with Gasteiger partial charge in [-0.2, -0.15) is 0 Å². The van der Waals surface area contributed by atoms with Crippen LogP contribution in [0.5, 0.6) is 11.5 Å². The molecule has 0 aliphatic rings. The fourth-order valence-electron chi connectivity index (χ4n) is 2.26. The molecule has 1 N–H and O–H groups in total. The van der Waals surface area contributed by atoms with Crippen LogP contribution in [0.3, 0.4) is 0 Å². The summed E-state index contributed by atoms with van der Waals surface area (Å²) in [6.45, 7) is 0.619. The molecule has 0 heterocycles. The zero-order chi connectivity index (χ0) is 15.8. The van der Waals surface area contributed by atoms with Crippen molar-refractivity contribution in [3.05, 3.63) is 59.7 Å².